The summed E-state index contributed by atoms with van der Waals surface area (Å²) in [6, 6.07) is 11.1. The van der Waals surface area contributed by atoms with Crippen molar-refractivity contribution in [2.24, 2.45) is 5.10 Å². The number of benzene rings is 1. The first-order chi connectivity index (χ1) is 12.6. The Morgan fingerprint density at radius 2 is 1.96 bits per heavy atom. The van der Waals surface area contributed by atoms with Crippen molar-refractivity contribution in [2.75, 3.05) is 5.32 Å². The summed E-state index contributed by atoms with van der Waals surface area (Å²) in [5.41, 5.74) is 6.68. The molecule has 134 valence electrons. The van der Waals surface area contributed by atoms with Gasteiger partial charge in [0.15, 0.2) is 0 Å². The van der Waals surface area contributed by atoms with Crippen molar-refractivity contribution in [3.63, 3.8) is 0 Å². The molecule has 0 bridgehead atoms. The van der Waals surface area contributed by atoms with Gasteiger partial charge in [0.2, 0.25) is 5.91 Å². The molecule has 1 aliphatic carbocycles. The van der Waals surface area contributed by atoms with Crippen molar-refractivity contribution in [3.8, 4) is 0 Å². The van der Waals surface area contributed by atoms with Crippen molar-refractivity contribution in [1.82, 2.24) is 10.4 Å². The van der Waals surface area contributed by atoms with Crippen LogP contribution in [-0.2, 0) is 17.6 Å². The van der Waals surface area contributed by atoms with E-state index >= 15 is 0 Å². The number of amides is 2. The number of anilines is 1. The lowest BCUT2D eigenvalue weighted by atomic mass is 9.90. The number of nitrogens with zero attached hydrogens (tertiary/aromatic N) is 2. The van der Waals surface area contributed by atoms with Gasteiger partial charge in [0.1, 0.15) is 5.69 Å². The van der Waals surface area contributed by atoms with Crippen LogP contribution in [0, 0.1) is 0 Å². The maximum Gasteiger partial charge on any atom is 0.289 e. The van der Waals surface area contributed by atoms with Gasteiger partial charge in [-0.3, -0.25) is 14.6 Å². The molecule has 0 fully saturated rings. The van der Waals surface area contributed by atoms with Crippen molar-refractivity contribution in [2.45, 2.75) is 39.0 Å². The molecular weight excluding hydrogens is 328 g/mol. The smallest absolute Gasteiger partial charge is 0.289 e. The molecule has 2 N–H and O–H groups in total. The zero-order chi connectivity index (χ0) is 18.4. The topological polar surface area (TPSA) is 83.5 Å². The minimum Gasteiger partial charge on any atom is -0.325 e. The third kappa shape index (κ3) is 4.53. The summed E-state index contributed by atoms with van der Waals surface area (Å²) >= 11 is 0. The summed E-state index contributed by atoms with van der Waals surface area (Å²) in [6.45, 7) is 1.71. The van der Waals surface area contributed by atoms with Crippen LogP contribution in [0.3, 0.4) is 0 Å². The second-order valence-corrected chi connectivity index (χ2v) is 6.38. The fraction of sp³-hybridized carbons (Fsp3) is 0.300. The summed E-state index contributed by atoms with van der Waals surface area (Å²) in [7, 11) is 0. The van der Waals surface area contributed by atoms with E-state index in [-0.39, 0.29) is 18.0 Å². The molecule has 0 spiro atoms. The SMILES string of the molecule is CC(CC(=O)Nc1cccc2c1CCCC2)=NNC(=O)c1ccccn1. The quantitative estimate of drug-likeness (QED) is 0.642. The maximum absolute atomic E-state index is 12.3. The third-order valence-corrected chi connectivity index (χ3v) is 4.33. The predicted molar refractivity (Wildman–Crippen MR) is 101 cm³/mol. The number of rotatable bonds is 5. The molecule has 1 heterocycles. The number of aromatic nitrogens is 1. The lowest BCUT2D eigenvalue weighted by Gasteiger charge is -2.19. The number of nitrogens with one attached hydrogen (secondary N) is 2. The average Bonchev–Trinajstić information content (AvgIpc) is 2.67. The van der Waals surface area contributed by atoms with Crippen molar-refractivity contribution in [3.05, 3.63) is 59.4 Å². The van der Waals surface area contributed by atoms with E-state index in [9.17, 15) is 9.59 Å². The molecule has 0 aliphatic heterocycles. The number of hydrazone groups is 1. The summed E-state index contributed by atoms with van der Waals surface area (Å²) in [5, 5.41) is 6.96. The first-order valence-electron chi connectivity index (χ1n) is 8.78. The molecule has 6 heteroatoms. The normalized spacial score (nSPS) is 13.7. The van der Waals surface area contributed by atoms with Gasteiger partial charge >= 0.3 is 0 Å². The van der Waals surface area contributed by atoms with E-state index < -0.39 is 5.91 Å². The number of hydrogen-bond acceptors (Lipinski definition) is 4. The van der Waals surface area contributed by atoms with Gasteiger partial charge in [-0.05, 0) is 61.9 Å². The molecule has 1 aromatic carbocycles. The van der Waals surface area contributed by atoms with E-state index in [1.807, 2.05) is 12.1 Å². The highest BCUT2D eigenvalue weighted by molar-refractivity contribution is 6.06. The summed E-state index contributed by atoms with van der Waals surface area (Å²) in [5.74, 6) is -0.542. The molecule has 26 heavy (non-hydrogen) atoms. The molecule has 0 unspecified atom stereocenters. The molecule has 0 radical (unpaired) electrons. The highest BCUT2D eigenvalue weighted by atomic mass is 16.2. The Bertz CT molecular complexity index is 831. The van der Waals surface area contributed by atoms with Gasteiger partial charge in [0.05, 0.1) is 6.42 Å². The van der Waals surface area contributed by atoms with Gasteiger partial charge < -0.3 is 5.32 Å². The summed E-state index contributed by atoms with van der Waals surface area (Å²) in [4.78, 5) is 28.2. The molecule has 0 saturated heterocycles. The molecule has 0 atom stereocenters. The van der Waals surface area contributed by atoms with Gasteiger partial charge in [-0.15, -0.1) is 0 Å². The highest BCUT2D eigenvalue weighted by Gasteiger charge is 2.15. The lowest BCUT2D eigenvalue weighted by Crippen LogP contribution is -2.22. The largest absolute Gasteiger partial charge is 0.325 e. The van der Waals surface area contributed by atoms with Gasteiger partial charge in [0.25, 0.3) is 5.91 Å². The van der Waals surface area contributed by atoms with Crippen LogP contribution < -0.4 is 10.7 Å². The van der Waals surface area contributed by atoms with Crippen LogP contribution in [0.4, 0.5) is 5.69 Å². The van der Waals surface area contributed by atoms with Gasteiger partial charge in [-0.25, -0.2) is 5.43 Å². The molecule has 1 aromatic heterocycles. The molecule has 6 nitrogen and oxygen atoms in total. The van der Waals surface area contributed by atoms with E-state index in [0.717, 1.165) is 24.9 Å². The van der Waals surface area contributed by atoms with Gasteiger partial charge in [-0.2, -0.15) is 5.10 Å². The number of hydrogen-bond donors (Lipinski definition) is 2. The summed E-state index contributed by atoms with van der Waals surface area (Å²) < 4.78 is 0. The first-order valence-corrected chi connectivity index (χ1v) is 8.78. The molecular formula is C20H22N4O2. The minimum atomic E-state index is -0.400. The molecule has 2 amide bonds. The maximum atomic E-state index is 12.3. The number of aryl methyl sites for hydroxylation is 1. The minimum absolute atomic E-state index is 0.117. The van der Waals surface area contributed by atoms with E-state index in [0.29, 0.717) is 5.71 Å². The predicted octanol–water partition coefficient (Wildman–Crippen LogP) is 3.09. The van der Waals surface area contributed by atoms with E-state index in [2.05, 4.69) is 26.9 Å². The molecule has 3 rings (SSSR count). The average molecular weight is 350 g/mol. The van der Waals surface area contributed by atoms with Crippen molar-refractivity contribution < 1.29 is 9.59 Å². The first kappa shape index (κ1) is 17.8. The number of carbonyl (C=O) groups is 2. The molecule has 1 aliphatic rings. The second-order valence-electron chi connectivity index (χ2n) is 6.38. The Morgan fingerprint density at radius 1 is 1.12 bits per heavy atom. The Kier molecular flexibility index (Phi) is 5.73. The van der Waals surface area contributed by atoms with E-state index in [1.54, 1.807) is 31.3 Å². The zero-order valence-corrected chi connectivity index (χ0v) is 14.8. The van der Waals surface area contributed by atoms with Crippen LogP contribution in [0.15, 0.2) is 47.7 Å². The number of carbonyl (C=O) groups excluding carboxylic acids is 2. The van der Waals surface area contributed by atoms with Crippen LogP contribution in [-0.4, -0.2) is 22.5 Å². The fourth-order valence-corrected chi connectivity index (χ4v) is 3.07. The second kappa shape index (κ2) is 8.38. The van der Waals surface area contributed by atoms with Crippen molar-refractivity contribution >= 4 is 23.2 Å². The third-order valence-electron chi connectivity index (χ3n) is 4.33. The van der Waals surface area contributed by atoms with Crippen LogP contribution in [0.25, 0.3) is 0 Å². The lowest BCUT2D eigenvalue weighted by molar-refractivity contribution is -0.115. The zero-order valence-electron chi connectivity index (χ0n) is 14.8. The van der Waals surface area contributed by atoms with Crippen molar-refractivity contribution in [1.29, 1.82) is 0 Å². The Balaban J connectivity index is 1.57. The Hall–Kier alpha value is -3.02. The Labute approximate surface area is 152 Å². The van der Waals surface area contributed by atoms with Crippen LogP contribution in [0.5, 0.6) is 0 Å². The standard InChI is InChI=1S/C20H22N4O2/c1-14(23-24-20(26)18-10-4-5-12-21-18)13-19(25)22-17-11-6-8-15-7-2-3-9-16(15)17/h4-6,8,10-12H,2-3,7,9,13H2,1H3,(H,22,25)(H,24,26). The van der Waals surface area contributed by atoms with E-state index in [4.69, 9.17) is 0 Å². The van der Waals surface area contributed by atoms with Gasteiger partial charge in [0, 0.05) is 17.6 Å². The number of pyridine rings is 1. The molecule has 0 saturated carbocycles. The number of fused-ring (bicyclic) bond motifs is 1. The van der Waals surface area contributed by atoms with Gasteiger partial charge in [-0.1, -0.05) is 18.2 Å². The Morgan fingerprint density at radius 3 is 2.77 bits per heavy atom. The van der Waals surface area contributed by atoms with E-state index in [1.165, 1.54) is 17.5 Å². The van der Waals surface area contributed by atoms with Crippen LogP contribution >= 0.6 is 0 Å². The molecule has 2 aromatic rings. The fourth-order valence-electron chi connectivity index (χ4n) is 3.07. The highest BCUT2D eigenvalue weighted by Crippen LogP contribution is 2.27. The van der Waals surface area contributed by atoms with Crippen LogP contribution in [0.2, 0.25) is 0 Å². The monoisotopic (exact) mass is 350 g/mol. The summed E-state index contributed by atoms with van der Waals surface area (Å²) in [6.07, 6.45) is 6.08. The van der Waals surface area contributed by atoms with Crippen LogP contribution in [0.1, 0.15) is 47.8 Å².